The Balaban J connectivity index is 2.53. The number of aryl methyl sites for hydroxylation is 1. The van der Waals surface area contributed by atoms with Gasteiger partial charge in [0.15, 0.2) is 0 Å². The summed E-state index contributed by atoms with van der Waals surface area (Å²) in [5, 5.41) is 0. The molecular weight excluding hydrogens is 160 g/mol. The van der Waals surface area contributed by atoms with Crippen molar-refractivity contribution in [1.82, 2.24) is 4.68 Å². The average Bonchev–Trinajstić information content (AvgIpc) is 2.49. The molecule has 2 rings (SSSR count). The summed E-state index contributed by atoms with van der Waals surface area (Å²) in [6.07, 6.45) is 2.07. The fourth-order valence-corrected chi connectivity index (χ4v) is 1.40. The van der Waals surface area contributed by atoms with E-state index in [-0.39, 0.29) is 0 Å². The van der Waals surface area contributed by atoms with Gasteiger partial charge in [-0.05, 0) is 6.92 Å². The summed E-state index contributed by atoms with van der Waals surface area (Å²) in [6, 6.07) is 12.4. The van der Waals surface area contributed by atoms with Crippen LogP contribution in [0.1, 0.15) is 5.69 Å². The predicted octanol–water partition coefficient (Wildman–Crippen LogP) is 1.61. The first-order valence-electron chi connectivity index (χ1n) is 4.39. The average molecular weight is 173 g/mol. The number of para-hydroxylation sites is 1. The number of rotatable bonds is 1. The predicted molar refractivity (Wildman–Crippen MR) is 51.7 cm³/mol. The molecule has 1 aromatic carbocycles. The Hall–Kier alpha value is -1.57. The minimum atomic E-state index is 1.19. The molecule has 0 fully saturated rings. The maximum atomic E-state index is 2.12. The standard InChI is InChI=1S/C11H13N2/c1-10-8-9-13(12(10)2)11-6-4-3-5-7-11/h3-9H,1-2H3/q+1. The molecule has 0 aliphatic rings. The number of hydrogen-bond acceptors (Lipinski definition) is 0. The molecule has 2 nitrogen and oxygen atoms in total. The Kier molecular flexibility index (Phi) is 1.89. The highest BCUT2D eigenvalue weighted by molar-refractivity contribution is 5.21. The lowest BCUT2D eigenvalue weighted by molar-refractivity contribution is -0.683. The summed E-state index contributed by atoms with van der Waals surface area (Å²) in [7, 11) is 2.06. The van der Waals surface area contributed by atoms with Gasteiger partial charge in [-0.1, -0.05) is 22.9 Å². The normalized spacial score (nSPS) is 10.3. The fourth-order valence-electron chi connectivity index (χ4n) is 1.40. The van der Waals surface area contributed by atoms with Gasteiger partial charge in [0, 0.05) is 18.2 Å². The van der Waals surface area contributed by atoms with Gasteiger partial charge in [0.25, 0.3) is 0 Å². The minimum absolute atomic E-state index is 1.19. The highest BCUT2D eigenvalue weighted by Crippen LogP contribution is 1.99. The lowest BCUT2D eigenvalue weighted by Crippen LogP contribution is -2.38. The molecule has 0 bridgehead atoms. The van der Waals surface area contributed by atoms with Gasteiger partial charge in [0.2, 0.25) is 11.9 Å². The SMILES string of the molecule is Cc1cc[n+](-c2ccccc2)n1C. The molecule has 0 saturated heterocycles. The van der Waals surface area contributed by atoms with E-state index in [0.717, 1.165) is 0 Å². The van der Waals surface area contributed by atoms with Crippen LogP contribution in [0.25, 0.3) is 5.69 Å². The smallest absolute Gasteiger partial charge is 0.155 e. The number of nitrogens with zero attached hydrogens (tertiary/aromatic N) is 2. The lowest BCUT2D eigenvalue weighted by Gasteiger charge is -1.96. The van der Waals surface area contributed by atoms with Crippen LogP contribution in [0.5, 0.6) is 0 Å². The Morgan fingerprint density at radius 3 is 2.31 bits per heavy atom. The second-order valence-electron chi connectivity index (χ2n) is 3.16. The van der Waals surface area contributed by atoms with Crippen LogP contribution in [0.15, 0.2) is 42.6 Å². The van der Waals surface area contributed by atoms with Crippen LogP contribution < -0.4 is 4.68 Å². The van der Waals surface area contributed by atoms with Crippen molar-refractivity contribution < 1.29 is 4.68 Å². The van der Waals surface area contributed by atoms with Crippen molar-refractivity contribution in [2.24, 2.45) is 7.05 Å². The third-order valence-electron chi connectivity index (χ3n) is 2.31. The quantitative estimate of drug-likeness (QED) is 0.579. The van der Waals surface area contributed by atoms with Crippen molar-refractivity contribution in [2.45, 2.75) is 6.92 Å². The molecule has 2 aromatic rings. The van der Waals surface area contributed by atoms with Crippen LogP contribution in [-0.4, -0.2) is 4.68 Å². The molecule has 66 valence electrons. The summed E-state index contributed by atoms with van der Waals surface area (Å²) >= 11 is 0. The van der Waals surface area contributed by atoms with Gasteiger partial charge >= 0.3 is 0 Å². The van der Waals surface area contributed by atoms with E-state index in [1.165, 1.54) is 11.4 Å². The Morgan fingerprint density at radius 2 is 1.77 bits per heavy atom. The number of benzene rings is 1. The number of aromatic nitrogens is 2. The molecule has 1 aromatic heterocycles. The van der Waals surface area contributed by atoms with Crippen LogP contribution in [0.3, 0.4) is 0 Å². The van der Waals surface area contributed by atoms with Crippen molar-refractivity contribution in [3.05, 3.63) is 48.3 Å². The summed E-state index contributed by atoms with van der Waals surface area (Å²) in [5.41, 5.74) is 2.45. The maximum Gasteiger partial charge on any atom is 0.235 e. The van der Waals surface area contributed by atoms with Gasteiger partial charge in [-0.15, -0.1) is 0 Å². The summed E-state index contributed by atoms with van der Waals surface area (Å²) in [5.74, 6) is 0. The first-order valence-corrected chi connectivity index (χ1v) is 4.39. The van der Waals surface area contributed by atoms with Crippen LogP contribution in [0, 0.1) is 6.92 Å². The fraction of sp³-hybridized carbons (Fsp3) is 0.182. The lowest BCUT2D eigenvalue weighted by atomic mass is 10.3. The summed E-state index contributed by atoms with van der Waals surface area (Å²) in [4.78, 5) is 0. The topological polar surface area (TPSA) is 8.81 Å². The summed E-state index contributed by atoms with van der Waals surface area (Å²) in [6.45, 7) is 2.10. The third-order valence-corrected chi connectivity index (χ3v) is 2.31. The zero-order valence-electron chi connectivity index (χ0n) is 7.94. The van der Waals surface area contributed by atoms with Gasteiger partial charge in [-0.3, -0.25) is 0 Å². The van der Waals surface area contributed by atoms with E-state index in [0.29, 0.717) is 0 Å². The Morgan fingerprint density at radius 1 is 1.08 bits per heavy atom. The molecule has 0 aliphatic carbocycles. The molecule has 0 N–H and O–H groups in total. The van der Waals surface area contributed by atoms with Gasteiger partial charge in [-0.25, -0.2) is 0 Å². The molecule has 0 unspecified atom stereocenters. The van der Waals surface area contributed by atoms with Crippen molar-refractivity contribution in [3.8, 4) is 5.69 Å². The van der Waals surface area contributed by atoms with Gasteiger partial charge in [0.05, 0.1) is 12.7 Å². The molecule has 2 heteroatoms. The second-order valence-corrected chi connectivity index (χ2v) is 3.16. The summed E-state index contributed by atoms with van der Waals surface area (Å²) < 4.78 is 4.24. The molecule has 0 radical (unpaired) electrons. The molecule has 0 aliphatic heterocycles. The van der Waals surface area contributed by atoms with E-state index < -0.39 is 0 Å². The monoisotopic (exact) mass is 173 g/mol. The van der Waals surface area contributed by atoms with Crippen LogP contribution in [-0.2, 0) is 7.05 Å². The van der Waals surface area contributed by atoms with Crippen LogP contribution in [0.4, 0.5) is 0 Å². The second kappa shape index (κ2) is 3.05. The van der Waals surface area contributed by atoms with E-state index in [2.05, 4.69) is 47.7 Å². The zero-order valence-corrected chi connectivity index (χ0v) is 7.94. The van der Waals surface area contributed by atoms with Crippen molar-refractivity contribution >= 4 is 0 Å². The molecule has 0 saturated carbocycles. The van der Waals surface area contributed by atoms with E-state index in [4.69, 9.17) is 0 Å². The molecule has 0 atom stereocenters. The number of hydrogen-bond donors (Lipinski definition) is 0. The van der Waals surface area contributed by atoms with Gasteiger partial charge < -0.3 is 0 Å². The Bertz CT molecular complexity index is 401. The van der Waals surface area contributed by atoms with E-state index in [9.17, 15) is 0 Å². The molecule has 13 heavy (non-hydrogen) atoms. The van der Waals surface area contributed by atoms with Crippen LogP contribution in [0.2, 0.25) is 0 Å². The first-order chi connectivity index (χ1) is 6.29. The highest BCUT2D eigenvalue weighted by Gasteiger charge is 2.10. The van der Waals surface area contributed by atoms with Crippen molar-refractivity contribution in [3.63, 3.8) is 0 Å². The molecule has 0 amide bonds. The zero-order chi connectivity index (χ0) is 9.26. The maximum absolute atomic E-state index is 2.12. The largest absolute Gasteiger partial charge is 0.235 e. The Labute approximate surface area is 78.0 Å². The van der Waals surface area contributed by atoms with E-state index in [1.54, 1.807) is 0 Å². The minimum Gasteiger partial charge on any atom is -0.155 e. The molecule has 1 heterocycles. The van der Waals surface area contributed by atoms with Crippen molar-refractivity contribution in [1.29, 1.82) is 0 Å². The van der Waals surface area contributed by atoms with Crippen LogP contribution >= 0.6 is 0 Å². The van der Waals surface area contributed by atoms with Gasteiger partial charge in [-0.2, -0.15) is 4.68 Å². The molecular formula is C11H13N2+. The first kappa shape index (κ1) is 8.05. The van der Waals surface area contributed by atoms with Crippen molar-refractivity contribution in [2.75, 3.05) is 0 Å². The van der Waals surface area contributed by atoms with Gasteiger partial charge in [0.1, 0.15) is 0 Å². The third kappa shape index (κ3) is 1.35. The van der Waals surface area contributed by atoms with E-state index in [1.807, 2.05) is 18.2 Å². The molecule has 0 spiro atoms. The van der Waals surface area contributed by atoms with E-state index >= 15 is 0 Å². The highest BCUT2D eigenvalue weighted by atomic mass is 15.4.